The number of phenols is 4. The number of aromatic hydroxyl groups is 4. The number of benzene rings is 2. The van der Waals surface area contributed by atoms with Crippen LogP contribution in [0.4, 0.5) is 0 Å². The fourth-order valence-corrected chi connectivity index (χ4v) is 2.22. The van der Waals surface area contributed by atoms with Crippen molar-refractivity contribution in [1.29, 1.82) is 0 Å². The molecular weight excluding hydrogens is 408 g/mol. The third-order valence-corrected chi connectivity index (χ3v) is 3.63. The molecule has 2 aromatic carbocycles. The maximum absolute atomic E-state index is 12.2. The number of esters is 2. The summed E-state index contributed by atoms with van der Waals surface area (Å²) in [5.41, 5.74) is -1.36. The van der Waals surface area contributed by atoms with Gasteiger partial charge < -0.3 is 40.1 Å². The number of aliphatic carboxylic acids is 2. The van der Waals surface area contributed by atoms with Gasteiger partial charge in [0.1, 0.15) is 34.1 Å². The minimum atomic E-state index is -2.57. The first-order valence-electron chi connectivity index (χ1n) is 7.92. The summed E-state index contributed by atoms with van der Waals surface area (Å²) in [6.07, 6.45) is -5.14. The summed E-state index contributed by atoms with van der Waals surface area (Å²) in [7, 11) is 0. The molecule has 0 aliphatic carbocycles. The Bertz CT molecular complexity index is 931. The zero-order chi connectivity index (χ0) is 22.6. The number of carboxylic acids is 2. The standard InChI is InChI=1S/C18H14O12/c19-7-1-3-11(21)9(5-7)17(27)29-13(15(23)24)14(16(25)26)30-18(28)10-6-8(20)2-4-12(10)22/h1-6,13-14,19-22H,(H,23,24)(H,25,26)/t13-,14+. The molecule has 0 radical (unpaired) electrons. The lowest BCUT2D eigenvalue weighted by Gasteiger charge is -2.21. The van der Waals surface area contributed by atoms with E-state index in [0.29, 0.717) is 0 Å². The molecule has 6 N–H and O–H groups in total. The Morgan fingerprint density at radius 1 is 0.633 bits per heavy atom. The van der Waals surface area contributed by atoms with Crippen molar-refractivity contribution in [3.05, 3.63) is 47.5 Å². The third kappa shape index (κ3) is 4.86. The summed E-state index contributed by atoms with van der Waals surface area (Å²) in [4.78, 5) is 47.2. The highest BCUT2D eigenvalue weighted by molar-refractivity contribution is 5.97. The van der Waals surface area contributed by atoms with Gasteiger partial charge in [-0.2, -0.15) is 0 Å². The van der Waals surface area contributed by atoms with E-state index in [9.17, 15) is 49.8 Å². The van der Waals surface area contributed by atoms with Crippen molar-refractivity contribution in [2.24, 2.45) is 0 Å². The van der Waals surface area contributed by atoms with Gasteiger partial charge >= 0.3 is 23.9 Å². The molecule has 2 atom stereocenters. The smallest absolute Gasteiger partial charge is 0.349 e. The number of carbonyl (C=O) groups is 4. The van der Waals surface area contributed by atoms with Crippen molar-refractivity contribution >= 4 is 23.9 Å². The fourth-order valence-electron chi connectivity index (χ4n) is 2.22. The van der Waals surface area contributed by atoms with Gasteiger partial charge in [0.2, 0.25) is 12.2 Å². The van der Waals surface area contributed by atoms with Crippen LogP contribution < -0.4 is 0 Å². The lowest BCUT2D eigenvalue weighted by atomic mass is 10.1. The maximum Gasteiger partial charge on any atom is 0.349 e. The van der Waals surface area contributed by atoms with Crippen molar-refractivity contribution in [3.8, 4) is 23.0 Å². The summed E-state index contributed by atoms with van der Waals surface area (Å²) in [6, 6.07) is 5.32. The van der Waals surface area contributed by atoms with E-state index >= 15 is 0 Å². The van der Waals surface area contributed by atoms with E-state index in [2.05, 4.69) is 9.47 Å². The summed E-state index contributed by atoms with van der Waals surface area (Å²) >= 11 is 0. The van der Waals surface area contributed by atoms with Crippen LogP contribution in [-0.2, 0) is 19.1 Å². The van der Waals surface area contributed by atoms with E-state index in [-0.39, 0.29) is 0 Å². The molecule has 0 unspecified atom stereocenters. The first-order chi connectivity index (χ1) is 14.0. The topological polar surface area (TPSA) is 208 Å². The molecule has 0 bridgehead atoms. The van der Waals surface area contributed by atoms with Crippen LogP contribution in [0.2, 0.25) is 0 Å². The average molecular weight is 422 g/mol. The Morgan fingerprint density at radius 2 is 0.967 bits per heavy atom. The molecule has 12 heteroatoms. The molecule has 12 nitrogen and oxygen atoms in total. The van der Waals surface area contributed by atoms with Gasteiger partial charge in [0.05, 0.1) is 0 Å². The molecular formula is C18H14O12. The predicted molar refractivity (Wildman–Crippen MR) is 93.2 cm³/mol. The molecule has 0 aliphatic rings. The lowest BCUT2D eigenvalue weighted by molar-refractivity contribution is -0.166. The zero-order valence-electron chi connectivity index (χ0n) is 14.8. The quantitative estimate of drug-likeness (QED) is 0.265. The summed E-state index contributed by atoms with van der Waals surface area (Å²) in [5, 5.41) is 56.6. The maximum atomic E-state index is 12.2. The Kier molecular flexibility index (Phi) is 6.32. The molecule has 30 heavy (non-hydrogen) atoms. The molecule has 0 aromatic heterocycles. The van der Waals surface area contributed by atoms with Gasteiger partial charge in [-0.15, -0.1) is 0 Å². The number of ether oxygens (including phenoxy) is 2. The van der Waals surface area contributed by atoms with Crippen molar-refractivity contribution in [2.45, 2.75) is 12.2 Å². The van der Waals surface area contributed by atoms with Gasteiger partial charge in [-0.3, -0.25) is 0 Å². The fraction of sp³-hybridized carbons (Fsp3) is 0.111. The van der Waals surface area contributed by atoms with Crippen LogP contribution >= 0.6 is 0 Å². The highest BCUT2D eigenvalue weighted by atomic mass is 16.6. The Labute approximate surface area is 166 Å². The Balaban J connectivity index is 2.32. The van der Waals surface area contributed by atoms with Crippen LogP contribution in [0.15, 0.2) is 36.4 Å². The minimum Gasteiger partial charge on any atom is -0.508 e. The van der Waals surface area contributed by atoms with Gasteiger partial charge in [0.15, 0.2) is 0 Å². The first kappa shape index (κ1) is 21.8. The molecule has 0 heterocycles. The largest absolute Gasteiger partial charge is 0.508 e. The molecule has 0 spiro atoms. The molecule has 158 valence electrons. The van der Waals surface area contributed by atoms with E-state index in [0.717, 1.165) is 36.4 Å². The van der Waals surface area contributed by atoms with Crippen molar-refractivity contribution in [1.82, 2.24) is 0 Å². The Morgan fingerprint density at radius 3 is 1.27 bits per heavy atom. The average Bonchev–Trinajstić information content (AvgIpc) is 2.67. The van der Waals surface area contributed by atoms with Crippen LogP contribution in [-0.4, -0.2) is 66.7 Å². The van der Waals surface area contributed by atoms with E-state index in [1.54, 1.807) is 0 Å². The summed E-state index contributed by atoms with van der Waals surface area (Å²) < 4.78 is 9.14. The van der Waals surface area contributed by atoms with Gasteiger partial charge in [-0.25, -0.2) is 19.2 Å². The van der Waals surface area contributed by atoms with Crippen molar-refractivity contribution in [3.63, 3.8) is 0 Å². The number of hydrogen-bond donors (Lipinski definition) is 6. The normalized spacial score (nSPS) is 12.4. The van der Waals surface area contributed by atoms with E-state index < -0.39 is 70.2 Å². The van der Waals surface area contributed by atoms with Crippen LogP contribution in [0, 0.1) is 0 Å². The monoisotopic (exact) mass is 422 g/mol. The SMILES string of the molecule is O=C(O[C@H](C(=O)O)[C@@H](OC(=O)c1cc(O)ccc1O)C(=O)O)c1cc(O)ccc1O. The van der Waals surface area contributed by atoms with E-state index in [4.69, 9.17) is 0 Å². The number of carbonyl (C=O) groups excluding carboxylic acids is 2. The number of phenolic OH excluding ortho intramolecular Hbond substituents is 4. The summed E-state index contributed by atoms with van der Waals surface area (Å²) in [5.74, 6) is -9.44. The molecule has 0 fully saturated rings. The third-order valence-electron chi connectivity index (χ3n) is 3.63. The van der Waals surface area contributed by atoms with Crippen LogP contribution in [0.25, 0.3) is 0 Å². The van der Waals surface area contributed by atoms with E-state index in [1.165, 1.54) is 0 Å². The van der Waals surface area contributed by atoms with Gasteiger partial charge in [-0.1, -0.05) is 0 Å². The zero-order valence-corrected chi connectivity index (χ0v) is 14.8. The van der Waals surface area contributed by atoms with Gasteiger partial charge in [-0.05, 0) is 36.4 Å². The lowest BCUT2D eigenvalue weighted by Crippen LogP contribution is -2.45. The molecule has 0 amide bonds. The van der Waals surface area contributed by atoms with Crippen LogP contribution in [0.5, 0.6) is 23.0 Å². The highest BCUT2D eigenvalue weighted by Crippen LogP contribution is 2.26. The van der Waals surface area contributed by atoms with Crippen LogP contribution in [0.1, 0.15) is 20.7 Å². The molecule has 0 saturated heterocycles. The Hall–Kier alpha value is -4.48. The number of hydrogen-bond acceptors (Lipinski definition) is 10. The number of carboxylic acid groups (broad SMARTS) is 2. The van der Waals surface area contributed by atoms with Gasteiger partial charge in [0.25, 0.3) is 0 Å². The minimum absolute atomic E-state index is 0.479. The summed E-state index contributed by atoms with van der Waals surface area (Å²) in [6.45, 7) is 0. The second-order valence-corrected chi connectivity index (χ2v) is 5.73. The highest BCUT2D eigenvalue weighted by Gasteiger charge is 2.41. The van der Waals surface area contributed by atoms with E-state index in [1.807, 2.05) is 0 Å². The van der Waals surface area contributed by atoms with Crippen molar-refractivity contribution < 1.29 is 59.3 Å². The predicted octanol–water partition coefficient (Wildman–Crippen LogP) is 0.429. The number of rotatable bonds is 7. The van der Waals surface area contributed by atoms with Crippen LogP contribution in [0.3, 0.4) is 0 Å². The second kappa shape index (κ2) is 8.68. The molecule has 0 aliphatic heterocycles. The first-order valence-corrected chi connectivity index (χ1v) is 7.92. The van der Waals surface area contributed by atoms with Crippen molar-refractivity contribution in [2.75, 3.05) is 0 Å². The second-order valence-electron chi connectivity index (χ2n) is 5.73. The molecule has 2 rings (SSSR count). The van der Waals surface area contributed by atoms with Gasteiger partial charge in [0, 0.05) is 0 Å². The molecule has 0 saturated carbocycles. The molecule has 2 aromatic rings.